The molecular formula is C32H26ClNO6S. The van der Waals surface area contributed by atoms with Crippen LogP contribution in [0.15, 0.2) is 111 Å². The summed E-state index contributed by atoms with van der Waals surface area (Å²) < 4.78 is 40.4. The van der Waals surface area contributed by atoms with E-state index in [0.717, 1.165) is 11.1 Å². The fourth-order valence-electron chi connectivity index (χ4n) is 4.48. The van der Waals surface area contributed by atoms with Crippen LogP contribution in [0.2, 0.25) is 5.02 Å². The fourth-order valence-corrected chi connectivity index (χ4v) is 5.79. The van der Waals surface area contributed by atoms with E-state index < -0.39 is 22.0 Å². The number of aryl methyl sites for hydroxylation is 2. The third kappa shape index (κ3) is 6.41. The average Bonchev–Trinajstić information content (AvgIpc) is 2.94. The number of halogens is 1. The minimum Gasteiger partial charge on any atom is -0.460 e. The van der Waals surface area contributed by atoms with Gasteiger partial charge in [-0.25, -0.2) is 13.2 Å². The molecule has 0 saturated heterocycles. The summed E-state index contributed by atoms with van der Waals surface area (Å²) in [6.07, 6.45) is 0.0172. The number of benzene rings is 4. The van der Waals surface area contributed by atoms with Gasteiger partial charge in [0.1, 0.15) is 23.1 Å². The van der Waals surface area contributed by atoms with E-state index in [1.165, 1.54) is 30.3 Å². The molecule has 0 radical (unpaired) electrons. The molecule has 1 aromatic heterocycles. The van der Waals surface area contributed by atoms with Crippen molar-refractivity contribution in [3.63, 3.8) is 0 Å². The van der Waals surface area contributed by atoms with Gasteiger partial charge in [-0.1, -0.05) is 71.8 Å². The zero-order valence-corrected chi connectivity index (χ0v) is 23.8. The largest absolute Gasteiger partial charge is 0.460 e. The van der Waals surface area contributed by atoms with E-state index in [0.29, 0.717) is 27.3 Å². The lowest BCUT2D eigenvalue weighted by Gasteiger charge is -2.18. The average molecular weight is 588 g/mol. The predicted octanol–water partition coefficient (Wildman–Crippen LogP) is 6.23. The lowest BCUT2D eigenvalue weighted by Crippen LogP contribution is -2.44. The Kier molecular flexibility index (Phi) is 8.08. The lowest BCUT2D eigenvalue weighted by atomic mass is 10.0. The molecule has 208 valence electrons. The number of carbonyl (C=O) groups is 1. The van der Waals surface area contributed by atoms with Crippen molar-refractivity contribution >= 4 is 38.6 Å². The highest BCUT2D eigenvalue weighted by atomic mass is 35.5. The summed E-state index contributed by atoms with van der Waals surface area (Å²) in [7, 11) is -4.06. The molecule has 41 heavy (non-hydrogen) atoms. The van der Waals surface area contributed by atoms with Gasteiger partial charge in [-0.3, -0.25) is 4.79 Å². The number of hydrogen-bond donors (Lipinski definition) is 1. The van der Waals surface area contributed by atoms with Gasteiger partial charge >= 0.3 is 5.97 Å². The number of ether oxygens (including phenoxy) is 1. The molecule has 0 aliphatic rings. The molecule has 0 bridgehead atoms. The lowest BCUT2D eigenvalue weighted by molar-refractivity contribution is -0.136. The van der Waals surface area contributed by atoms with Crippen LogP contribution >= 0.6 is 11.6 Å². The van der Waals surface area contributed by atoms with Crippen molar-refractivity contribution in [2.45, 2.75) is 31.2 Å². The second kappa shape index (κ2) is 11.7. The van der Waals surface area contributed by atoms with Gasteiger partial charge in [0.2, 0.25) is 15.5 Å². The normalized spacial score (nSPS) is 12.3. The highest BCUT2D eigenvalue weighted by Gasteiger charge is 2.28. The van der Waals surface area contributed by atoms with Gasteiger partial charge < -0.3 is 9.15 Å². The summed E-state index contributed by atoms with van der Waals surface area (Å²) >= 11 is 6.00. The maximum Gasteiger partial charge on any atom is 0.329 e. The quantitative estimate of drug-likeness (QED) is 0.171. The van der Waals surface area contributed by atoms with Crippen molar-refractivity contribution in [3.8, 4) is 16.9 Å². The number of esters is 1. The van der Waals surface area contributed by atoms with E-state index in [4.69, 9.17) is 20.8 Å². The Hall–Kier alpha value is -4.24. The molecule has 1 heterocycles. The first kappa shape index (κ1) is 28.3. The summed E-state index contributed by atoms with van der Waals surface area (Å²) in [4.78, 5) is 26.7. The molecule has 1 atom stereocenters. The number of sulfonamides is 1. The molecule has 4 aromatic carbocycles. The van der Waals surface area contributed by atoms with E-state index >= 15 is 0 Å². The number of rotatable bonds is 8. The Labute approximate surface area is 242 Å². The fraction of sp³-hybridized carbons (Fsp3) is 0.125. The van der Waals surface area contributed by atoms with Gasteiger partial charge in [-0.15, -0.1) is 0 Å². The van der Waals surface area contributed by atoms with Gasteiger partial charge in [-0.2, -0.15) is 4.72 Å². The Morgan fingerprint density at radius 1 is 0.927 bits per heavy atom. The summed E-state index contributed by atoms with van der Waals surface area (Å²) in [5.74, 6) is -0.299. The molecule has 0 fully saturated rings. The number of nitrogens with one attached hydrogen (secondary N) is 1. The topological polar surface area (TPSA) is 103 Å². The van der Waals surface area contributed by atoms with Crippen LogP contribution in [0.4, 0.5) is 0 Å². The van der Waals surface area contributed by atoms with Crippen molar-refractivity contribution in [2.75, 3.05) is 0 Å². The Balaban J connectivity index is 1.45. The first-order chi connectivity index (χ1) is 19.6. The second-order valence-corrected chi connectivity index (χ2v) is 11.8. The molecule has 7 nitrogen and oxygen atoms in total. The number of fused-ring (bicyclic) bond motifs is 1. The minimum absolute atomic E-state index is 0.0172. The molecule has 1 unspecified atom stereocenters. The Morgan fingerprint density at radius 2 is 1.61 bits per heavy atom. The highest BCUT2D eigenvalue weighted by Crippen LogP contribution is 2.27. The standard InChI is InChI=1S/C32H26ClNO6S/c1-20-8-15-26(16-9-20)41(37,38)34-28(18-22-10-12-24(33)13-11-22)32(36)40-25-14-17-27-29(19-25)39-21(2)30(31(27)35)23-6-4-3-5-7-23/h3-17,19,28,34H,18H2,1-2H3. The number of carbonyl (C=O) groups excluding carboxylic acids is 1. The van der Waals surface area contributed by atoms with Crippen LogP contribution in [-0.4, -0.2) is 20.4 Å². The smallest absolute Gasteiger partial charge is 0.329 e. The minimum atomic E-state index is -4.06. The van der Waals surface area contributed by atoms with E-state index in [9.17, 15) is 18.0 Å². The van der Waals surface area contributed by atoms with Crippen LogP contribution in [0.1, 0.15) is 16.9 Å². The third-order valence-corrected chi connectivity index (χ3v) is 8.33. The van der Waals surface area contributed by atoms with Crippen molar-refractivity contribution in [1.29, 1.82) is 0 Å². The third-order valence-electron chi connectivity index (χ3n) is 6.59. The maximum atomic E-state index is 13.4. The van der Waals surface area contributed by atoms with Gasteiger partial charge in [0, 0.05) is 11.1 Å². The van der Waals surface area contributed by atoms with Crippen molar-refractivity contribution in [1.82, 2.24) is 4.72 Å². The predicted molar refractivity (Wildman–Crippen MR) is 159 cm³/mol. The zero-order chi connectivity index (χ0) is 29.1. The van der Waals surface area contributed by atoms with E-state index in [1.54, 1.807) is 43.3 Å². The molecule has 9 heteroatoms. The monoisotopic (exact) mass is 587 g/mol. The van der Waals surface area contributed by atoms with Gasteiger partial charge in [-0.05, 0) is 67.8 Å². The SMILES string of the molecule is Cc1ccc(S(=O)(=O)NC(Cc2ccc(Cl)cc2)C(=O)Oc2ccc3c(=O)c(-c4ccccc4)c(C)oc3c2)cc1. The molecule has 5 rings (SSSR count). The summed E-state index contributed by atoms with van der Waals surface area (Å²) in [5, 5.41) is 0.837. The Bertz CT molecular complexity index is 1880. The first-order valence-electron chi connectivity index (χ1n) is 12.8. The van der Waals surface area contributed by atoms with E-state index in [2.05, 4.69) is 4.72 Å². The van der Waals surface area contributed by atoms with Gasteiger partial charge in [0.05, 0.1) is 15.8 Å². The van der Waals surface area contributed by atoms with Crippen LogP contribution in [0.3, 0.4) is 0 Å². The van der Waals surface area contributed by atoms with Crippen LogP contribution in [0.5, 0.6) is 5.75 Å². The Morgan fingerprint density at radius 3 is 2.29 bits per heavy atom. The van der Waals surface area contributed by atoms with Crippen LogP contribution in [0.25, 0.3) is 22.1 Å². The van der Waals surface area contributed by atoms with Gasteiger partial charge in [0.15, 0.2) is 0 Å². The maximum absolute atomic E-state index is 13.4. The van der Waals surface area contributed by atoms with Crippen LogP contribution < -0.4 is 14.9 Å². The second-order valence-electron chi connectivity index (χ2n) is 9.62. The summed E-state index contributed by atoms with van der Waals surface area (Å²) in [6.45, 7) is 3.55. The molecule has 0 amide bonds. The zero-order valence-electron chi connectivity index (χ0n) is 22.3. The molecule has 0 aliphatic heterocycles. The molecule has 5 aromatic rings. The van der Waals surface area contributed by atoms with Gasteiger partial charge in [0.25, 0.3) is 0 Å². The number of hydrogen-bond acceptors (Lipinski definition) is 6. The summed E-state index contributed by atoms with van der Waals surface area (Å²) in [5.41, 5.74) is 2.80. The molecule has 0 spiro atoms. The van der Waals surface area contributed by atoms with E-state index in [-0.39, 0.29) is 28.1 Å². The molecule has 0 saturated carbocycles. The molecule has 1 N–H and O–H groups in total. The van der Waals surface area contributed by atoms with Crippen molar-refractivity contribution in [2.24, 2.45) is 0 Å². The van der Waals surface area contributed by atoms with Crippen molar-refractivity contribution in [3.05, 3.63) is 129 Å². The van der Waals surface area contributed by atoms with E-state index in [1.807, 2.05) is 37.3 Å². The summed E-state index contributed by atoms with van der Waals surface area (Å²) in [6, 6.07) is 25.4. The van der Waals surface area contributed by atoms with Crippen LogP contribution in [-0.2, 0) is 21.2 Å². The first-order valence-corrected chi connectivity index (χ1v) is 14.6. The molecule has 0 aliphatic carbocycles. The molecular weight excluding hydrogens is 562 g/mol. The van der Waals surface area contributed by atoms with Crippen molar-refractivity contribution < 1.29 is 22.4 Å². The highest BCUT2D eigenvalue weighted by molar-refractivity contribution is 7.89. The van der Waals surface area contributed by atoms with Crippen LogP contribution in [0, 0.1) is 13.8 Å².